The number of rotatable bonds is 7. The average Bonchev–Trinajstić information content (AvgIpc) is 3.10. The Labute approximate surface area is 174 Å². The van der Waals surface area contributed by atoms with Crippen LogP contribution in [0.5, 0.6) is 5.75 Å². The van der Waals surface area contributed by atoms with Crippen LogP contribution in [0.4, 0.5) is 16.4 Å². The molecule has 0 radical (unpaired) electrons. The number of ether oxygens (including phenoxy) is 2. The number of nitrogens with zero attached hydrogens (tertiary/aromatic N) is 2. The number of aromatic nitrogens is 2. The fourth-order valence-corrected chi connectivity index (χ4v) is 3.14. The molecule has 0 bridgehead atoms. The predicted octanol–water partition coefficient (Wildman–Crippen LogP) is 4.81. The SMILES string of the molecule is COCCn1c(-c2ccc(OC)cc2)cnc1NC(=O)Nc1ccc(C)cc1Cl. The van der Waals surface area contributed by atoms with Crippen LogP contribution in [-0.4, -0.2) is 36.4 Å². The smallest absolute Gasteiger partial charge is 0.326 e. The molecule has 1 aromatic heterocycles. The van der Waals surface area contributed by atoms with Gasteiger partial charge in [-0.1, -0.05) is 17.7 Å². The van der Waals surface area contributed by atoms with Crippen LogP contribution >= 0.6 is 11.6 Å². The van der Waals surface area contributed by atoms with Gasteiger partial charge in [0.2, 0.25) is 5.95 Å². The minimum absolute atomic E-state index is 0.411. The second-order valence-corrected chi connectivity index (χ2v) is 6.81. The number of amides is 2. The van der Waals surface area contributed by atoms with Crippen molar-refractivity contribution in [3.05, 3.63) is 59.2 Å². The van der Waals surface area contributed by atoms with Crippen molar-refractivity contribution in [3.8, 4) is 17.0 Å². The van der Waals surface area contributed by atoms with Crippen LogP contribution in [0, 0.1) is 6.92 Å². The van der Waals surface area contributed by atoms with Gasteiger partial charge in [-0.05, 0) is 48.9 Å². The third kappa shape index (κ3) is 5.07. The van der Waals surface area contributed by atoms with Crippen molar-refractivity contribution in [1.29, 1.82) is 0 Å². The molecule has 1 heterocycles. The molecule has 0 unspecified atom stereocenters. The van der Waals surface area contributed by atoms with Crippen LogP contribution in [-0.2, 0) is 11.3 Å². The summed E-state index contributed by atoms with van der Waals surface area (Å²) in [6.07, 6.45) is 1.71. The van der Waals surface area contributed by atoms with E-state index in [-0.39, 0.29) is 0 Å². The van der Waals surface area contributed by atoms with Crippen LogP contribution < -0.4 is 15.4 Å². The minimum Gasteiger partial charge on any atom is -0.497 e. The van der Waals surface area contributed by atoms with Gasteiger partial charge >= 0.3 is 6.03 Å². The van der Waals surface area contributed by atoms with Crippen LogP contribution in [0.2, 0.25) is 5.02 Å². The van der Waals surface area contributed by atoms with Gasteiger partial charge in [0, 0.05) is 19.2 Å². The summed E-state index contributed by atoms with van der Waals surface area (Å²) in [5, 5.41) is 6.01. The first-order valence-corrected chi connectivity index (χ1v) is 9.42. The lowest BCUT2D eigenvalue weighted by Gasteiger charge is -2.13. The Kier molecular flexibility index (Phi) is 6.74. The highest BCUT2D eigenvalue weighted by atomic mass is 35.5. The largest absolute Gasteiger partial charge is 0.497 e. The molecule has 0 aliphatic carbocycles. The van der Waals surface area contributed by atoms with Crippen molar-refractivity contribution in [1.82, 2.24) is 9.55 Å². The maximum absolute atomic E-state index is 12.5. The summed E-state index contributed by atoms with van der Waals surface area (Å²) in [6, 6.07) is 12.6. The van der Waals surface area contributed by atoms with Crippen LogP contribution in [0.25, 0.3) is 11.3 Å². The van der Waals surface area contributed by atoms with Gasteiger partial charge < -0.3 is 19.4 Å². The maximum atomic E-state index is 12.5. The van der Waals surface area contributed by atoms with Gasteiger partial charge in [-0.3, -0.25) is 5.32 Å². The second-order valence-electron chi connectivity index (χ2n) is 6.40. The zero-order chi connectivity index (χ0) is 20.8. The van der Waals surface area contributed by atoms with Gasteiger partial charge in [-0.25, -0.2) is 9.78 Å². The molecule has 29 heavy (non-hydrogen) atoms. The van der Waals surface area contributed by atoms with E-state index in [0.717, 1.165) is 22.6 Å². The Morgan fingerprint density at radius 3 is 2.55 bits per heavy atom. The highest BCUT2D eigenvalue weighted by Gasteiger charge is 2.15. The number of aryl methyl sites for hydroxylation is 1. The Bertz CT molecular complexity index is 986. The number of nitrogens with one attached hydrogen (secondary N) is 2. The number of anilines is 2. The van der Waals surface area contributed by atoms with E-state index in [1.54, 1.807) is 32.5 Å². The quantitative estimate of drug-likeness (QED) is 0.581. The van der Waals surface area contributed by atoms with Crippen LogP contribution in [0.1, 0.15) is 5.56 Å². The lowest BCUT2D eigenvalue weighted by atomic mass is 10.1. The fourth-order valence-electron chi connectivity index (χ4n) is 2.85. The monoisotopic (exact) mass is 414 g/mol. The number of methoxy groups -OCH3 is 2. The van der Waals surface area contributed by atoms with Crippen molar-refractivity contribution in [2.45, 2.75) is 13.5 Å². The molecule has 0 saturated heterocycles. The number of hydrogen-bond donors (Lipinski definition) is 2. The van der Waals surface area contributed by atoms with Crippen LogP contribution in [0.3, 0.4) is 0 Å². The first-order valence-electron chi connectivity index (χ1n) is 9.05. The number of carbonyl (C=O) groups excluding carboxylic acids is 1. The molecule has 8 heteroatoms. The summed E-state index contributed by atoms with van der Waals surface area (Å²) < 4.78 is 12.3. The fraction of sp³-hybridized carbons (Fsp3) is 0.238. The van der Waals surface area contributed by atoms with Gasteiger partial charge in [-0.2, -0.15) is 0 Å². The number of halogens is 1. The Hall–Kier alpha value is -3.03. The van der Waals surface area contributed by atoms with E-state index >= 15 is 0 Å². The number of hydrogen-bond acceptors (Lipinski definition) is 4. The van der Waals surface area contributed by atoms with Gasteiger partial charge in [0.05, 0.1) is 36.3 Å². The Balaban J connectivity index is 1.82. The van der Waals surface area contributed by atoms with E-state index in [1.807, 2.05) is 41.8 Å². The van der Waals surface area contributed by atoms with Crippen molar-refractivity contribution < 1.29 is 14.3 Å². The first-order chi connectivity index (χ1) is 14.0. The van der Waals surface area contributed by atoms with Crippen LogP contribution in [0.15, 0.2) is 48.7 Å². The molecule has 2 N–H and O–H groups in total. The minimum atomic E-state index is -0.429. The molecule has 7 nitrogen and oxygen atoms in total. The van der Waals surface area contributed by atoms with Crippen molar-refractivity contribution in [2.75, 3.05) is 31.5 Å². The number of imidazole rings is 1. The maximum Gasteiger partial charge on any atom is 0.326 e. The third-order valence-corrected chi connectivity index (χ3v) is 4.67. The van der Waals surface area contributed by atoms with E-state index in [1.165, 1.54) is 0 Å². The van der Waals surface area contributed by atoms with E-state index in [4.69, 9.17) is 21.1 Å². The van der Waals surface area contributed by atoms with E-state index in [0.29, 0.717) is 29.8 Å². The summed E-state index contributed by atoms with van der Waals surface area (Å²) >= 11 is 6.20. The topological polar surface area (TPSA) is 77.4 Å². The van der Waals surface area contributed by atoms with E-state index in [2.05, 4.69) is 15.6 Å². The molecule has 0 spiro atoms. The molecule has 152 valence electrons. The molecule has 2 amide bonds. The summed E-state index contributed by atoms with van der Waals surface area (Å²) in [5.41, 5.74) is 3.35. The highest BCUT2D eigenvalue weighted by Crippen LogP contribution is 2.26. The molecule has 3 rings (SSSR count). The van der Waals surface area contributed by atoms with Gasteiger partial charge in [-0.15, -0.1) is 0 Å². The average molecular weight is 415 g/mol. The number of urea groups is 1. The second kappa shape index (κ2) is 9.45. The molecule has 0 aliphatic heterocycles. The molecular formula is C21H23ClN4O3. The van der Waals surface area contributed by atoms with Gasteiger partial charge in [0.15, 0.2) is 0 Å². The molecule has 3 aromatic rings. The van der Waals surface area contributed by atoms with Crippen molar-refractivity contribution in [3.63, 3.8) is 0 Å². The molecule has 0 saturated carbocycles. The molecule has 2 aromatic carbocycles. The highest BCUT2D eigenvalue weighted by molar-refractivity contribution is 6.33. The normalized spacial score (nSPS) is 10.6. The van der Waals surface area contributed by atoms with E-state index in [9.17, 15) is 4.79 Å². The third-order valence-electron chi connectivity index (χ3n) is 4.36. The summed E-state index contributed by atoms with van der Waals surface area (Å²) in [7, 11) is 3.25. The van der Waals surface area contributed by atoms with Crippen molar-refractivity contribution in [2.24, 2.45) is 0 Å². The zero-order valence-electron chi connectivity index (χ0n) is 16.5. The van der Waals surface area contributed by atoms with E-state index < -0.39 is 6.03 Å². The Morgan fingerprint density at radius 1 is 1.14 bits per heavy atom. The number of benzene rings is 2. The molecule has 0 fully saturated rings. The summed E-state index contributed by atoms with van der Waals surface area (Å²) in [4.78, 5) is 16.9. The lowest BCUT2D eigenvalue weighted by molar-refractivity contribution is 0.188. The summed E-state index contributed by atoms with van der Waals surface area (Å²) in [5.74, 6) is 1.18. The first kappa shape index (κ1) is 20.7. The zero-order valence-corrected chi connectivity index (χ0v) is 17.3. The Morgan fingerprint density at radius 2 is 1.90 bits per heavy atom. The van der Waals surface area contributed by atoms with Gasteiger partial charge in [0.25, 0.3) is 0 Å². The lowest BCUT2D eigenvalue weighted by Crippen LogP contribution is -2.23. The molecule has 0 atom stereocenters. The molecule has 0 aliphatic rings. The van der Waals surface area contributed by atoms with Crippen molar-refractivity contribution >= 4 is 29.3 Å². The summed E-state index contributed by atoms with van der Waals surface area (Å²) in [6.45, 7) is 2.93. The van der Waals surface area contributed by atoms with Gasteiger partial charge in [0.1, 0.15) is 5.75 Å². The molecular weight excluding hydrogens is 392 g/mol. The standard InChI is InChI=1S/C21H23ClN4O3/c1-14-4-9-18(17(22)12-14)24-21(27)25-20-23-13-19(26(20)10-11-28-2)15-5-7-16(29-3)8-6-15/h4-9,12-13H,10-11H2,1-3H3,(H2,23,24,25,27). The number of carbonyl (C=O) groups is 1. The predicted molar refractivity (Wildman–Crippen MR) is 115 cm³/mol.